The molecule has 112 valence electrons. The second-order valence-electron chi connectivity index (χ2n) is 4.95. The molecule has 0 aliphatic carbocycles. The van der Waals surface area contributed by atoms with E-state index in [1.807, 2.05) is 0 Å². The van der Waals surface area contributed by atoms with Crippen molar-refractivity contribution >= 4 is 0 Å². The summed E-state index contributed by atoms with van der Waals surface area (Å²) < 4.78 is 47.9. The van der Waals surface area contributed by atoms with Crippen LogP contribution in [0.5, 0.6) is 5.75 Å². The molecular weight excluding hydrogens is 271 g/mol. The number of hydrogen-bond acceptors (Lipinski definition) is 3. The van der Waals surface area contributed by atoms with Gasteiger partial charge in [-0.2, -0.15) is 13.2 Å². The first kappa shape index (κ1) is 15.1. The van der Waals surface area contributed by atoms with E-state index in [1.165, 1.54) is 12.1 Å². The molecule has 20 heavy (non-hydrogen) atoms. The molecule has 0 bridgehead atoms. The Hall–Kier alpha value is -1.27. The molecule has 1 aromatic rings. The highest BCUT2D eigenvalue weighted by atomic mass is 19.4. The van der Waals surface area contributed by atoms with Crippen LogP contribution in [0, 0.1) is 5.92 Å². The van der Waals surface area contributed by atoms with E-state index in [0.29, 0.717) is 31.5 Å². The van der Waals surface area contributed by atoms with Gasteiger partial charge in [0, 0.05) is 19.3 Å². The Balaban J connectivity index is 1.84. The number of hydrogen-bond donors (Lipinski definition) is 1. The Bertz CT molecular complexity index is 413. The van der Waals surface area contributed by atoms with Crippen LogP contribution in [-0.2, 0) is 10.9 Å². The predicted molar refractivity (Wildman–Crippen MR) is 68.5 cm³/mol. The van der Waals surface area contributed by atoms with Gasteiger partial charge in [-0.25, -0.2) is 0 Å². The molecule has 2 N–H and O–H groups in total. The van der Waals surface area contributed by atoms with Gasteiger partial charge in [0.05, 0.1) is 5.56 Å². The number of ether oxygens (including phenoxy) is 2. The number of benzene rings is 1. The van der Waals surface area contributed by atoms with Crippen LogP contribution in [0.25, 0.3) is 0 Å². The Morgan fingerprint density at radius 2 is 1.80 bits per heavy atom. The van der Waals surface area contributed by atoms with E-state index in [4.69, 9.17) is 15.2 Å². The molecule has 0 saturated carbocycles. The van der Waals surface area contributed by atoms with Crippen molar-refractivity contribution in [3.05, 3.63) is 29.8 Å². The molecular formula is C14H18F3NO2. The average molecular weight is 289 g/mol. The molecule has 1 fully saturated rings. The topological polar surface area (TPSA) is 44.5 Å². The van der Waals surface area contributed by atoms with Crippen LogP contribution in [0.3, 0.4) is 0 Å². The van der Waals surface area contributed by atoms with E-state index < -0.39 is 11.7 Å². The minimum Gasteiger partial charge on any atom is -0.492 e. The molecule has 2 rings (SSSR count). The third-order valence-corrected chi connectivity index (χ3v) is 3.50. The Morgan fingerprint density at radius 3 is 2.35 bits per heavy atom. The normalized spacial score (nSPS) is 18.8. The molecule has 0 radical (unpaired) electrons. The van der Waals surface area contributed by atoms with Crippen molar-refractivity contribution in [3.8, 4) is 5.75 Å². The van der Waals surface area contributed by atoms with Crippen molar-refractivity contribution in [1.82, 2.24) is 0 Å². The van der Waals surface area contributed by atoms with E-state index >= 15 is 0 Å². The first-order chi connectivity index (χ1) is 9.47. The lowest BCUT2D eigenvalue weighted by molar-refractivity contribution is -0.137. The number of nitrogens with two attached hydrogens (primary N) is 1. The van der Waals surface area contributed by atoms with Crippen molar-refractivity contribution < 1.29 is 22.6 Å². The maximum Gasteiger partial charge on any atom is 0.416 e. The van der Waals surface area contributed by atoms with Crippen LogP contribution >= 0.6 is 0 Å². The van der Waals surface area contributed by atoms with E-state index in [0.717, 1.165) is 25.0 Å². The predicted octanol–water partition coefficient (Wildman–Crippen LogP) is 2.84. The Kier molecular flexibility index (Phi) is 4.88. The summed E-state index contributed by atoms with van der Waals surface area (Å²) in [5.41, 5.74) is 5.35. The van der Waals surface area contributed by atoms with E-state index in [-0.39, 0.29) is 6.04 Å². The van der Waals surface area contributed by atoms with Crippen molar-refractivity contribution in [2.45, 2.75) is 25.1 Å². The van der Waals surface area contributed by atoms with Gasteiger partial charge in [0.25, 0.3) is 0 Å². The number of halogens is 3. The smallest absolute Gasteiger partial charge is 0.416 e. The van der Waals surface area contributed by atoms with Gasteiger partial charge < -0.3 is 15.2 Å². The second-order valence-corrected chi connectivity index (χ2v) is 4.95. The first-order valence-corrected chi connectivity index (χ1v) is 6.60. The summed E-state index contributed by atoms with van der Waals surface area (Å²) in [6, 6.07) is 4.53. The number of rotatable bonds is 4. The number of alkyl halides is 3. The molecule has 1 aliphatic rings. The zero-order valence-corrected chi connectivity index (χ0v) is 11.0. The summed E-state index contributed by atoms with van der Waals surface area (Å²) in [4.78, 5) is 0. The fourth-order valence-electron chi connectivity index (χ4n) is 2.21. The van der Waals surface area contributed by atoms with Crippen LogP contribution in [0.1, 0.15) is 18.4 Å². The summed E-state index contributed by atoms with van der Waals surface area (Å²) in [6.45, 7) is 1.72. The van der Waals surface area contributed by atoms with Crippen molar-refractivity contribution in [3.63, 3.8) is 0 Å². The lowest BCUT2D eigenvalue weighted by atomic mass is 9.93. The van der Waals surface area contributed by atoms with Gasteiger partial charge in [0.1, 0.15) is 12.4 Å². The largest absolute Gasteiger partial charge is 0.492 e. The summed E-state index contributed by atoms with van der Waals surface area (Å²) in [5, 5.41) is 0. The zero-order chi connectivity index (χ0) is 14.6. The minimum absolute atomic E-state index is 0.124. The van der Waals surface area contributed by atoms with Gasteiger partial charge in [0.2, 0.25) is 0 Å². The quantitative estimate of drug-likeness (QED) is 0.927. The fraction of sp³-hybridized carbons (Fsp3) is 0.571. The summed E-state index contributed by atoms with van der Waals surface area (Å²) in [6.07, 6.45) is -2.52. The lowest BCUT2D eigenvalue weighted by Crippen LogP contribution is -2.38. The second kappa shape index (κ2) is 6.45. The van der Waals surface area contributed by atoms with E-state index in [1.54, 1.807) is 0 Å². The summed E-state index contributed by atoms with van der Waals surface area (Å²) in [7, 11) is 0. The van der Waals surface area contributed by atoms with Gasteiger partial charge in [-0.3, -0.25) is 0 Å². The van der Waals surface area contributed by atoms with Crippen LogP contribution in [-0.4, -0.2) is 25.9 Å². The third-order valence-electron chi connectivity index (χ3n) is 3.50. The van der Waals surface area contributed by atoms with Crippen LogP contribution in [0.4, 0.5) is 13.2 Å². The van der Waals surface area contributed by atoms with Gasteiger partial charge in [0.15, 0.2) is 0 Å². The molecule has 1 aliphatic heterocycles. The van der Waals surface area contributed by atoms with Crippen molar-refractivity contribution in [2.24, 2.45) is 11.7 Å². The molecule has 1 saturated heterocycles. The van der Waals surface area contributed by atoms with E-state index in [9.17, 15) is 13.2 Å². The molecule has 1 atom stereocenters. The zero-order valence-electron chi connectivity index (χ0n) is 11.0. The SMILES string of the molecule is NC(COc1ccc(C(F)(F)F)cc1)C1CCOCC1. The third kappa shape index (κ3) is 4.11. The Morgan fingerprint density at radius 1 is 1.20 bits per heavy atom. The monoisotopic (exact) mass is 289 g/mol. The highest BCUT2D eigenvalue weighted by Gasteiger charge is 2.30. The Labute approximate surface area is 115 Å². The molecule has 1 aromatic carbocycles. The first-order valence-electron chi connectivity index (χ1n) is 6.60. The molecule has 0 amide bonds. The van der Waals surface area contributed by atoms with Crippen LogP contribution in [0.2, 0.25) is 0 Å². The maximum atomic E-state index is 12.4. The van der Waals surface area contributed by atoms with Crippen LogP contribution in [0.15, 0.2) is 24.3 Å². The summed E-state index contributed by atoms with van der Waals surface area (Å²) >= 11 is 0. The molecule has 0 aromatic heterocycles. The van der Waals surface area contributed by atoms with Crippen molar-refractivity contribution in [1.29, 1.82) is 0 Å². The van der Waals surface area contributed by atoms with Crippen molar-refractivity contribution in [2.75, 3.05) is 19.8 Å². The molecule has 6 heteroatoms. The minimum atomic E-state index is -4.32. The van der Waals surface area contributed by atoms with Gasteiger partial charge >= 0.3 is 6.18 Å². The maximum absolute atomic E-state index is 12.4. The van der Waals surface area contributed by atoms with Gasteiger partial charge in [-0.05, 0) is 43.0 Å². The summed E-state index contributed by atoms with van der Waals surface area (Å²) in [5.74, 6) is 0.749. The molecule has 1 unspecified atom stereocenters. The lowest BCUT2D eigenvalue weighted by Gasteiger charge is -2.27. The van der Waals surface area contributed by atoms with Gasteiger partial charge in [-0.1, -0.05) is 0 Å². The standard InChI is InChI=1S/C14H18F3NO2/c15-14(16,17)11-1-3-12(4-2-11)20-9-13(18)10-5-7-19-8-6-10/h1-4,10,13H,5-9,18H2. The molecule has 3 nitrogen and oxygen atoms in total. The fourth-order valence-corrected chi connectivity index (χ4v) is 2.21. The highest BCUT2D eigenvalue weighted by molar-refractivity contribution is 5.28. The van der Waals surface area contributed by atoms with Gasteiger partial charge in [-0.15, -0.1) is 0 Å². The molecule has 0 spiro atoms. The van der Waals surface area contributed by atoms with E-state index in [2.05, 4.69) is 0 Å². The average Bonchev–Trinajstić information content (AvgIpc) is 2.45. The highest BCUT2D eigenvalue weighted by Crippen LogP contribution is 2.30. The van der Waals surface area contributed by atoms with Crippen LogP contribution < -0.4 is 10.5 Å². The molecule has 1 heterocycles.